The van der Waals surface area contributed by atoms with Crippen LogP contribution in [0.5, 0.6) is 0 Å². The van der Waals surface area contributed by atoms with E-state index in [1.807, 2.05) is 43.3 Å². The maximum Gasteiger partial charge on any atom is 0.252 e. The quantitative estimate of drug-likeness (QED) is 0.834. The molecule has 0 aromatic heterocycles. The fourth-order valence-electron chi connectivity index (χ4n) is 2.61. The Balaban J connectivity index is 2.13. The van der Waals surface area contributed by atoms with Crippen LogP contribution in [-0.2, 0) is 0 Å². The third-order valence-corrected chi connectivity index (χ3v) is 4.32. The van der Waals surface area contributed by atoms with E-state index in [4.69, 9.17) is 18.0 Å². The van der Waals surface area contributed by atoms with Crippen molar-refractivity contribution in [3.63, 3.8) is 0 Å². The Labute approximate surface area is 125 Å². The van der Waals surface area contributed by atoms with Crippen LogP contribution in [0.25, 0.3) is 0 Å². The lowest BCUT2D eigenvalue weighted by Crippen LogP contribution is -2.54. The second kappa shape index (κ2) is 5.79. The lowest BCUT2D eigenvalue weighted by atomic mass is 9.97. The molecule has 1 aliphatic carbocycles. The van der Waals surface area contributed by atoms with Crippen LogP contribution >= 0.6 is 12.2 Å². The van der Waals surface area contributed by atoms with Gasteiger partial charge in [-0.2, -0.15) is 0 Å². The van der Waals surface area contributed by atoms with Crippen LogP contribution in [0.4, 0.5) is 5.69 Å². The highest BCUT2D eigenvalue weighted by atomic mass is 32.1. The van der Waals surface area contributed by atoms with Gasteiger partial charge in [-0.15, -0.1) is 0 Å². The Morgan fingerprint density at radius 2 is 1.80 bits per heavy atom. The summed E-state index contributed by atoms with van der Waals surface area (Å²) in [6, 6.07) is 7.51. The van der Waals surface area contributed by atoms with Crippen molar-refractivity contribution in [2.24, 2.45) is 5.73 Å². The van der Waals surface area contributed by atoms with Gasteiger partial charge < -0.3 is 16.0 Å². The lowest BCUT2D eigenvalue weighted by molar-refractivity contribution is 0.0924. The number of carbonyl (C=O) groups excluding carboxylic acids is 1. The Morgan fingerprint density at radius 1 is 1.25 bits per heavy atom. The predicted octanol–water partition coefficient (Wildman–Crippen LogP) is 2.08. The largest absolute Gasteiger partial charge is 0.391 e. The number of nitrogens with zero attached hydrogens (tertiary/aromatic N) is 1. The molecule has 0 radical (unpaired) electrons. The van der Waals surface area contributed by atoms with E-state index >= 15 is 0 Å². The minimum atomic E-state index is -0.493. The van der Waals surface area contributed by atoms with Gasteiger partial charge in [0.25, 0.3) is 5.91 Å². The first-order valence-corrected chi connectivity index (χ1v) is 7.25. The van der Waals surface area contributed by atoms with Crippen LogP contribution in [0, 0.1) is 0 Å². The normalized spacial score (nSPS) is 16.7. The number of rotatable bonds is 4. The van der Waals surface area contributed by atoms with Crippen molar-refractivity contribution in [2.45, 2.75) is 31.2 Å². The molecule has 0 heterocycles. The fraction of sp³-hybridized carbons (Fsp3) is 0.467. The van der Waals surface area contributed by atoms with Gasteiger partial charge in [0.2, 0.25) is 0 Å². The highest BCUT2D eigenvalue weighted by molar-refractivity contribution is 7.80. The summed E-state index contributed by atoms with van der Waals surface area (Å²) in [6.07, 6.45) is 3.78. The molecule has 1 fully saturated rings. The van der Waals surface area contributed by atoms with Crippen molar-refractivity contribution in [2.75, 3.05) is 19.0 Å². The van der Waals surface area contributed by atoms with E-state index in [1.54, 1.807) is 0 Å². The SMILES string of the molecule is CN(C)c1ccc(C(=O)NC2(C(N)=S)CCCC2)cc1. The lowest BCUT2D eigenvalue weighted by Gasteiger charge is -2.29. The van der Waals surface area contributed by atoms with Gasteiger partial charge in [0.15, 0.2) is 0 Å². The molecule has 0 aliphatic heterocycles. The molecule has 0 bridgehead atoms. The van der Waals surface area contributed by atoms with Gasteiger partial charge in [-0.3, -0.25) is 4.79 Å². The molecule has 3 N–H and O–H groups in total. The molecular formula is C15H21N3OS. The van der Waals surface area contributed by atoms with Gasteiger partial charge in [-0.1, -0.05) is 25.1 Å². The number of nitrogens with one attached hydrogen (secondary N) is 1. The van der Waals surface area contributed by atoms with Crippen molar-refractivity contribution in [1.29, 1.82) is 0 Å². The second-order valence-corrected chi connectivity index (χ2v) is 5.99. The number of benzene rings is 1. The van der Waals surface area contributed by atoms with Gasteiger partial charge in [0.1, 0.15) is 0 Å². The molecule has 5 heteroatoms. The van der Waals surface area contributed by atoms with Crippen LogP contribution < -0.4 is 16.0 Å². The fourth-order valence-corrected chi connectivity index (χ4v) is 2.87. The molecule has 0 spiro atoms. The van der Waals surface area contributed by atoms with E-state index in [0.29, 0.717) is 10.6 Å². The molecule has 0 atom stereocenters. The van der Waals surface area contributed by atoms with Crippen molar-refractivity contribution in [3.8, 4) is 0 Å². The van der Waals surface area contributed by atoms with Crippen molar-refractivity contribution in [1.82, 2.24) is 5.32 Å². The molecule has 1 aromatic rings. The molecular weight excluding hydrogens is 270 g/mol. The highest BCUT2D eigenvalue weighted by Gasteiger charge is 2.38. The van der Waals surface area contributed by atoms with Crippen molar-refractivity contribution >= 4 is 28.8 Å². The molecule has 2 rings (SSSR count). The molecule has 0 saturated heterocycles. The van der Waals surface area contributed by atoms with Crippen molar-refractivity contribution < 1.29 is 4.79 Å². The Morgan fingerprint density at radius 3 is 2.25 bits per heavy atom. The van der Waals surface area contributed by atoms with E-state index in [1.165, 1.54) is 0 Å². The topological polar surface area (TPSA) is 58.4 Å². The monoisotopic (exact) mass is 291 g/mol. The summed E-state index contributed by atoms with van der Waals surface area (Å²) in [5.41, 5.74) is 7.04. The van der Waals surface area contributed by atoms with E-state index < -0.39 is 5.54 Å². The Hall–Kier alpha value is -1.62. The number of hydrogen-bond acceptors (Lipinski definition) is 3. The maximum atomic E-state index is 12.4. The number of anilines is 1. The Bertz CT molecular complexity index is 504. The zero-order valence-corrected chi connectivity index (χ0v) is 12.8. The molecule has 1 aliphatic rings. The first kappa shape index (κ1) is 14.8. The van der Waals surface area contributed by atoms with Crippen LogP contribution in [0.1, 0.15) is 36.0 Å². The number of hydrogen-bond donors (Lipinski definition) is 2. The average Bonchev–Trinajstić information content (AvgIpc) is 2.88. The Kier molecular flexibility index (Phi) is 4.28. The minimum absolute atomic E-state index is 0.106. The molecule has 0 unspecified atom stereocenters. The second-order valence-electron chi connectivity index (χ2n) is 5.55. The summed E-state index contributed by atoms with van der Waals surface area (Å²) >= 11 is 5.15. The molecule has 4 nitrogen and oxygen atoms in total. The molecule has 1 saturated carbocycles. The van der Waals surface area contributed by atoms with Crippen LogP contribution in [-0.4, -0.2) is 30.5 Å². The summed E-state index contributed by atoms with van der Waals surface area (Å²) in [5, 5.41) is 3.04. The minimum Gasteiger partial charge on any atom is -0.391 e. The molecule has 1 amide bonds. The molecule has 108 valence electrons. The van der Waals surface area contributed by atoms with E-state index in [0.717, 1.165) is 31.4 Å². The predicted molar refractivity (Wildman–Crippen MR) is 86.2 cm³/mol. The zero-order valence-electron chi connectivity index (χ0n) is 12.0. The third kappa shape index (κ3) is 2.93. The highest BCUT2D eigenvalue weighted by Crippen LogP contribution is 2.30. The molecule has 20 heavy (non-hydrogen) atoms. The third-order valence-electron chi connectivity index (χ3n) is 3.93. The standard InChI is InChI=1S/C15H21N3OS/c1-18(2)12-7-5-11(6-8-12)13(19)17-15(14(16)20)9-3-4-10-15/h5-8H,3-4,9-10H2,1-2H3,(H2,16,20)(H,17,19). The zero-order chi connectivity index (χ0) is 14.8. The number of amides is 1. The van der Waals surface area contributed by atoms with E-state index in [9.17, 15) is 4.79 Å². The smallest absolute Gasteiger partial charge is 0.252 e. The van der Waals surface area contributed by atoms with Crippen LogP contribution in [0.15, 0.2) is 24.3 Å². The summed E-state index contributed by atoms with van der Waals surface area (Å²) < 4.78 is 0. The summed E-state index contributed by atoms with van der Waals surface area (Å²) in [6.45, 7) is 0. The van der Waals surface area contributed by atoms with Gasteiger partial charge in [0.05, 0.1) is 10.5 Å². The number of nitrogens with two attached hydrogens (primary N) is 1. The van der Waals surface area contributed by atoms with Gasteiger partial charge >= 0.3 is 0 Å². The summed E-state index contributed by atoms with van der Waals surface area (Å²) in [7, 11) is 3.94. The average molecular weight is 291 g/mol. The number of thiocarbonyl (C=S) groups is 1. The van der Waals surface area contributed by atoms with E-state index in [2.05, 4.69) is 5.32 Å². The van der Waals surface area contributed by atoms with Gasteiger partial charge in [-0.25, -0.2) is 0 Å². The van der Waals surface area contributed by atoms with E-state index in [-0.39, 0.29) is 5.91 Å². The first-order valence-electron chi connectivity index (χ1n) is 6.84. The van der Waals surface area contributed by atoms with Gasteiger partial charge in [0, 0.05) is 25.3 Å². The van der Waals surface area contributed by atoms with Crippen LogP contribution in [0.3, 0.4) is 0 Å². The number of carbonyl (C=O) groups is 1. The summed E-state index contributed by atoms with van der Waals surface area (Å²) in [4.78, 5) is 14.7. The van der Waals surface area contributed by atoms with Gasteiger partial charge in [-0.05, 0) is 37.1 Å². The summed E-state index contributed by atoms with van der Waals surface area (Å²) in [5.74, 6) is -0.106. The molecule has 1 aromatic carbocycles. The van der Waals surface area contributed by atoms with Crippen LogP contribution in [0.2, 0.25) is 0 Å². The van der Waals surface area contributed by atoms with Crippen molar-refractivity contribution in [3.05, 3.63) is 29.8 Å². The first-order chi connectivity index (χ1) is 9.44. The maximum absolute atomic E-state index is 12.4.